The summed E-state index contributed by atoms with van der Waals surface area (Å²) in [6.07, 6.45) is 4.15. The van der Waals surface area contributed by atoms with Crippen LogP contribution in [0, 0.1) is 11.3 Å². The Kier molecular flexibility index (Phi) is 3.44. The molecule has 0 radical (unpaired) electrons. The Balaban J connectivity index is 2.16. The number of anilines is 1. The first-order valence-corrected chi connectivity index (χ1v) is 6.99. The second-order valence-corrected chi connectivity index (χ2v) is 5.19. The van der Waals surface area contributed by atoms with Crippen molar-refractivity contribution in [1.29, 1.82) is 5.26 Å². The van der Waals surface area contributed by atoms with Gasteiger partial charge in [0.2, 0.25) is 0 Å². The molecule has 1 saturated heterocycles. The number of rotatable bonds is 2. The van der Waals surface area contributed by atoms with E-state index in [1.807, 2.05) is 17.0 Å². The Bertz CT molecular complexity index is 736. The summed E-state index contributed by atoms with van der Waals surface area (Å²) in [6.45, 7) is 0.680. The molecular weight excluding hydrogens is 266 g/mol. The van der Waals surface area contributed by atoms with Crippen LogP contribution >= 0.6 is 0 Å². The Hall–Kier alpha value is -2.61. The number of carbonyl (C=O) groups is 1. The number of carboxylic acid groups (broad SMARTS) is 1. The van der Waals surface area contributed by atoms with Crippen molar-refractivity contribution in [2.24, 2.45) is 0 Å². The lowest BCUT2D eigenvalue weighted by Crippen LogP contribution is -2.45. The number of carboxylic acids is 1. The van der Waals surface area contributed by atoms with Crippen LogP contribution < -0.4 is 4.90 Å². The smallest absolute Gasteiger partial charge is 0.326 e. The summed E-state index contributed by atoms with van der Waals surface area (Å²) in [5, 5.41) is 20.3. The molecule has 21 heavy (non-hydrogen) atoms. The number of nitriles is 1. The highest BCUT2D eigenvalue weighted by molar-refractivity contribution is 5.97. The van der Waals surface area contributed by atoms with E-state index in [0.29, 0.717) is 24.3 Å². The lowest BCUT2D eigenvalue weighted by atomic mass is 10.0. The van der Waals surface area contributed by atoms with Crippen LogP contribution in [-0.2, 0) is 4.79 Å². The third-order valence-electron chi connectivity index (χ3n) is 3.97. The topological polar surface area (TPSA) is 77.2 Å². The fourth-order valence-electron chi connectivity index (χ4n) is 2.96. The predicted molar refractivity (Wildman–Crippen MR) is 79.1 cm³/mol. The molecule has 2 aromatic rings. The van der Waals surface area contributed by atoms with Gasteiger partial charge in [-0.1, -0.05) is 12.1 Å². The van der Waals surface area contributed by atoms with Crippen molar-refractivity contribution < 1.29 is 9.90 Å². The fourth-order valence-corrected chi connectivity index (χ4v) is 2.96. The number of fused-ring (bicyclic) bond motifs is 1. The van der Waals surface area contributed by atoms with Crippen LogP contribution in [0.4, 0.5) is 5.82 Å². The third kappa shape index (κ3) is 2.29. The lowest BCUT2D eigenvalue weighted by Gasteiger charge is -2.34. The van der Waals surface area contributed by atoms with E-state index in [0.717, 1.165) is 23.6 Å². The molecule has 1 fully saturated rings. The maximum absolute atomic E-state index is 11.5. The van der Waals surface area contributed by atoms with Crippen LogP contribution in [0.5, 0.6) is 0 Å². The van der Waals surface area contributed by atoms with Crippen molar-refractivity contribution in [2.75, 3.05) is 11.4 Å². The minimum atomic E-state index is -0.815. The van der Waals surface area contributed by atoms with Gasteiger partial charge in [-0.15, -0.1) is 0 Å². The minimum Gasteiger partial charge on any atom is -0.480 e. The zero-order valence-corrected chi connectivity index (χ0v) is 11.5. The van der Waals surface area contributed by atoms with Gasteiger partial charge in [0.05, 0.1) is 11.6 Å². The van der Waals surface area contributed by atoms with E-state index < -0.39 is 12.0 Å². The van der Waals surface area contributed by atoms with Gasteiger partial charge in [-0.25, -0.2) is 9.78 Å². The lowest BCUT2D eigenvalue weighted by molar-refractivity contribution is -0.139. The number of aliphatic carboxylic acids is 1. The molecule has 2 heterocycles. The molecule has 5 nitrogen and oxygen atoms in total. The van der Waals surface area contributed by atoms with Crippen molar-refractivity contribution in [1.82, 2.24) is 4.98 Å². The highest BCUT2D eigenvalue weighted by Crippen LogP contribution is 2.31. The fraction of sp³-hybridized carbons (Fsp3) is 0.312. The van der Waals surface area contributed by atoms with E-state index in [1.54, 1.807) is 18.3 Å². The molecule has 0 saturated carbocycles. The summed E-state index contributed by atoms with van der Waals surface area (Å²) in [6, 6.07) is 8.90. The van der Waals surface area contributed by atoms with Crippen molar-refractivity contribution >= 4 is 22.6 Å². The van der Waals surface area contributed by atoms with Gasteiger partial charge in [0.25, 0.3) is 0 Å². The molecule has 1 aromatic heterocycles. The number of nitrogens with zero attached hydrogens (tertiary/aromatic N) is 3. The predicted octanol–water partition coefficient (Wildman–Crippen LogP) is 2.55. The Morgan fingerprint density at radius 3 is 2.95 bits per heavy atom. The van der Waals surface area contributed by atoms with Gasteiger partial charge in [0.15, 0.2) is 0 Å². The van der Waals surface area contributed by atoms with Gasteiger partial charge in [-0.2, -0.15) is 5.26 Å². The zero-order chi connectivity index (χ0) is 14.8. The largest absolute Gasteiger partial charge is 0.480 e. The zero-order valence-electron chi connectivity index (χ0n) is 11.5. The highest BCUT2D eigenvalue weighted by Gasteiger charge is 2.30. The number of pyridine rings is 1. The molecule has 106 valence electrons. The number of hydrogen-bond acceptors (Lipinski definition) is 4. The minimum absolute atomic E-state index is 0.539. The summed E-state index contributed by atoms with van der Waals surface area (Å²) in [4.78, 5) is 17.7. The average Bonchev–Trinajstić information content (AvgIpc) is 2.53. The molecule has 0 aliphatic carbocycles. The van der Waals surface area contributed by atoms with E-state index >= 15 is 0 Å². The molecular formula is C16H15N3O2. The molecule has 1 N–H and O–H groups in total. The van der Waals surface area contributed by atoms with E-state index in [9.17, 15) is 15.2 Å². The summed E-state index contributed by atoms with van der Waals surface area (Å²) < 4.78 is 0. The van der Waals surface area contributed by atoms with E-state index in [1.165, 1.54) is 0 Å². The standard InChI is InChI=1S/C16H15N3O2/c17-10-11-4-3-5-13-12(11)7-8-18-15(13)19-9-2-1-6-14(19)16(20)21/h3-5,7-8,14H,1-2,6,9H2,(H,20,21). The van der Waals surface area contributed by atoms with Crippen LogP contribution in [0.25, 0.3) is 10.8 Å². The van der Waals surface area contributed by atoms with Crippen LogP contribution in [0.1, 0.15) is 24.8 Å². The second kappa shape index (κ2) is 5.41. The van der Waals surface area contributed by atoms with Crippen LogP contribution in [0.15, 0.2) is 30.5 Å². The summed E-state index contributed by atoms with van der Waals surface area (Å²) >= 11 is 0. The van der Waals surface area contributed by atoms with Crippen molar-refractivity contribution in [2.45, 2.75) is 25.3 Å². The molecule has 1 aliphatic heterocycles. The maximum atomic E-state index is 11.5. The first kappa shape index (κ1) is 13.4. The molecule has 0 bridgehead atoms. The molecule has 3 rings (SSSR count). The molecule has 1 aliphatic rings. The Morgan fingerprint density at radius 2 is 2.19 bits per heavy atom. The summed E-state index contributed by atoms with van der Waals surface area (Å²) in [7, 11) is 0. The number of benzene rings is 1. The third-order valence-corrected chi connectivity index (χ3v) is 3.97. The van der Waals surface area contributed by atoms with Crippen LogP contribution in [-0.4, -0.2) is 28.6 Å². The number of aromatic nitrogens is 1. The second-order valence-electron chi connectivity index (χ2n) is 5.19. The quantitative estimate of drug-likeness (QED) is 0.915. The van der Waals surface area contributed by atoms with Crippen molar-refractivity contribution in [3.8, 4) is 6.07 Å². The van der Waals surface area contributed by atoms with Gasteiger partial charge in [-0.05, 0) is 31.4 Å². The average molecular weight is 281 g/mol. The molecule has 1 aromatic carbocycles. The van der Waals surface area contributed by atoms with Crippen LogP contribution in [0.3, 0.4) is 0 Å². The van der Waals surface area contributed by atoms with E-state index in [-0.39, 0.29) is 0 Å². The van der Waals surface area contributed by atoms with Crippen molar-refractivity contribution in [3.63, 3.8) is 0 Å². The monoisotopic (exact) mass is 281 g/mol. The first-order valence-electron chi connectivity index (χ1n) is 6.99. The van der Waals surface area contributed by atoms with Gasteiger partial charge >= 0.3 is 5.97 Å². The Labute approximate surface area is 122 Å². The number of piperidine rings is 1. The molecule has 5 heteroatoms. The van der Waals surface area contributed by atoms with Gasteiger partial charge in [-0.3, -0.25) is 0 Å². The van der Waals surface area contributed by atoms with Gasteiger partial charge in [0.1, 0.15) is 11.9 Å². The van der Waals surface area contributed by atoms with E-state index in [2.05, 4.69) is 11.1 Å². The molecule has 0 spiro atoms. The normalized spacial score (nSPS) is 18.4. The first-order chi connectivity index (χ1) is 10.2. The summed E-state index contributed by atoms with van der Waals surface area (Å²) in [5.41, 5.74) is 0.583. The van der Waals surface area contributed by atoms with Gasteiger partial charge < -0.3 is 10.0 Å². The molecule has 1 unspecified atom stereocenters. The maximum Gasteiger partial charge on any atom is 0.326 e. The molecule has 0 amide bonds. The van der Waals surface area contributed by atoms with Crippen molar-refractivity contribution in [3.05, 3.63) is 36.0 Å². The molecule has 1 atom stereocenters. The summed E-state index contributed by atoms with van der Waals surface area (Å²) in [5.74, 6) is -0.151. The van der Waals surface area contributed by atoms with E-state index in [4.69, 9.17) is 0 Å². The Morgan fingerprint density at radius 1 is 1.33 bits per heavy atom. The highest BCUT2D eigenvalue weighted by atomic mass is 16.4. The number of hydrogen-bond donors (Lipinski definition) is 1. The van der Waals surface area contributed by atoms with Crippen LogP contribution in [0.2, 0.25) is 0 Å². The SMILES string of the molecule is N#Cc1cccc2c(N3CCCCC3C(=O)O)nccc12. The van der Waals surface area contributed by atoms with Gasteiger partial charge in [0, 0.05) is 23.5 Å².